The summed E-state index contributed by atoms with van der Waals surface area (Å²) in [5.41, 5.74) is 2.89. The van der Waals surface area contributed by atoms with Crippen LogP contribution in [0.3, 0.4) is 0 Å². The monoisotopic (exact) mass is 345 g/mol. The number of H-pyrrole nitrogens is 1. The molecule has 0 bridgehead atoms. The van der Waals surface area contributed by atoms with Gasteiger partial charge < -0.3 is 15.4 Å². The number of carbonyl (C=O) groups excluding carboxylic acids is 1. The average molecular weight is 346 g/mol. The summed E-state index contributed by atoms with van der Waals surface area (Å²) < 4.78 is 5.18. The highest BCUT2D eigenvalue weighted by molar-refractivity contribution is 6.04. The van der Waals surface area contributed by atoms with Crippen molar-refractivity contribution in [3.63, 3.8) is 0 Å². The van der Waals surface area contributed by atoms with E-state index in [0.29, 0.717) is 23.7 Å². The zero-order chi connectivity index (χ0) is 13.9. The Kier molecular flexibility index (Phi) is 6.61. The van der Waals surface area contributed by atoms with E-state index in [0.717, 1.165) is 24.2 Å². The summed E-state index contributed by atoms with van der Waals surface area (Å²) in [4.78, 5) is 16.3. The molecule has 0 aliphatic carbocycles. The van der Waals surface area contributed by atoms with E-state index in [9.17, 15) is 4.79 Å². The average Bonchev–Trinajstić information content (AvgIpc) is 2.92. The maximum atomic E-state index is 12.3. The summed E-state index contributed by atoms with van der Waals surface area (Å²) in [7, 11) is 1.55. The van der Waals surface area contributed by atoms with Crippen LogP contribution in [0.2, 0.25) is 0 Å². The molecule has 0 unspecified atom stereocenters. The lowest BCUT2D eigenvalue weighted by Gasteiger charge is -2.13. The van der Waals surface area contributed by atoms with Crippen molar-refractivity contribution in [2.24, 2.45) is 0 Å². The lowest BCUT2D eigenvalue weighted by atomic mass is 10.1. The Morgan fingerprint density at radius 2 is 2.23 bits per heavy atom. The van der Waals surface area contributed by atoms with Gasteiger partial charge in [-0.1, -0.05) is 0 Å². The Bertz CT molecular complexity index is 647. The second-order valence-corrected chi connectivity index (χ2v) is 4.49. The first-order valence-electron chi connectivity index (χ1n) is 6.36. The van der Waals surface area contributed by atoms with Crippen LogP contribution in [-0.4, -0.2) is 34.7 Å². The van der Waals surface area contributed by atoms with Gasteiger partial charge in [0.15, 0.2) is 5.69 Å². The van der Waals surface area contributed by atoms with Crippen LogP contribution in [0.25, 0.3) is 0 Å². The van der Waals surface area contributed by atoms with Crippen LogP contribution in [0.15, 0.2) is 18.5 Å². The minimum Gasteiger partial charge on any atom is -0.494 e. The highest BCUT2D eigenvalue weighted by Crippen LogP contribution is 2.23. The van der Waals surface area contributed by atoms with E-state index in [1.165, 1.54) is 0 Å². The Balaban J connectivity index is 0.00000121. The van der Waals surface area contributed by atoms with E-state index in [1.807, 2.05) is 0 Å². The van der Waals surface area contributed by atoms with Crippen molar-refractivity contribution < 1.29 is 9.53 Å². The summed E-state index contributed by atoms with van der Waals surface area (Å²) >= 11 is 0. The standard InChI is InChI=1S/C13H15N5O2.2ClH/c1-20-11-3-5-15-7-10(11)16-13(19)12-8-6-14-4-2-9(8)17-18-12;;/h3,5,7,14H,2,4,6H2,1H3,(H,16,19)(H,17,18);2*1H. The maximum Gasteiger partial charge on any atom is 0.276 e. The normalized spacial score (nSPS) is 12.4. The molecule has 3 heterocycles. The van der Waals surface area contributed by atoms with E-state index >= 15 is 0 Å². The molecular weight excluding hydrogens is 329 g/mol. The van der Waals surface area contributed by atoms with Gasteiger partial charge >= 0.3 is 0 Å². The molecule has 3 N–H and O–H groups in total. The third kappa shape index (κ3) is 3.49. The van der Waals surface area contributed by atoms with Crippen molar-refractivity contribution in [1.82, 2.24) is 20.5 Å². The van der Waals surface area contributed by atoms with Gasteiger partial charge in [-0.3, -0.25) is 14.9 Å². The van der Waals surface area contributed by atoms with Gasteiger partial charge in [-0.15, -0.1) is 24.8 Å². The number of hydrogen-bond donors (Lipinski definition) is 3. The molecule has 1 amide bonds. The molecule has 22 heavy (non-hydrogen) atoms. The van der Waals surface area contributed by atoms with Crippen molar-refractivity contribution >= 4 is 36.4 Å². The Hall–Kier alpha value is -1.83. The number of halogens is 2. The molecule has 2 aromatic heterocycles. The van der Waals surface area contributed by atoms with Crippen LogP contribution >= 0.6 is 24.8 Å². The third-order valence-corrected chi connectivity index (χ3v) is 3.27. The Morgan fingerprint density at radius 3 is 3.00 bits per heavy atom. The SMILES string of the molecule is COc1ccncc1NC(=O)c1n[nH]c2c1CNCC2.Cl.Cl. The van der Waals surface area contributed by atoms with Gasteiger partial charge in [0, 0.05) is 43.0 Å². The molecule has 1 aliphatic rings. The van der Waals surface area contributed by atoms with E-state index in [1.54, 1.807) is 25.6 Å². The number of nitrogens with one attached hydrogen (secondary N) is 3. The molecule has 0 aromatic carbocycles. The highest BCUT2D eigenvalue weighted by atomic mass is 35.5. The second kappa shape index (κ2) is 7.98. The largest absolute Gasteiger partial charge is 0.494 e. The van der Waals surface area contributed by atoms with Crippen molar-refractivity contribution in [3.8, 4) is 5.75 Å². The van der Waals surface area contributed by atoms with Crippen LogP contribution in [-0.2, 0) is 13.0 Å². The van der Waals surface area contributed by atoms with Crippen LogP contribution in [0.5, 0.6) is 5.75 Å². The second-order valence-electron chi connectivity index (χ2n) is 4.49. The lowest BCUT2D eigenvalue weighted by Crippen LogP contribution is -2.25. The van der Waals surface area contributed by atoms with E-state index in [-0.39, 0.29) is 30.7 Å². The molecular formula is C13H17Cl2N5O2. The van der Waals surface area contributed by atoms with Gasteiger partial charge in [0.1, 0.15) is 11.4 Å². The molecule has 9 heteroatoms. The van der Waals surface area contributed by atoms with E-state index in [2.05, 4.69) is 25.8 Å². The number of hydrogen-bond acceptors (Lipinski definition) is 5. The fourth-order valence-electron chi connectivity index (χ4n) is 2.25. The number of carbonyl (C=O) groups is 1. The Morgan fingerprint density at radius 1 is 1.41 bits per heavy atom. The highest BCUT2D eigenvalue weighted by Gasteiger charge is 2.22. The fourth-order valence-corrected chi connectivity index (χ4v) is 2.25. The first-order chi connectivity index (χ1) is 9.79. The number of pyridine rings is 1. The minimum atomic E-state index is -0.266. The maximum absolute atomic E-state index is 12.3. The number of nitrogens with zero attached hydrogens (tertiary/aromatic N) is 2. The van der Waals surface area contributed by atoms with Gasteiger partial charge in [0.25, 0.3) is 5.91 Å². The van der Waals surface area contributed by atoms with Gasteiger partial charge in [-0.2, -0.15) is 5.10 Å². The number of rotatable bonds is 3. The van der Waals surface area contributed by atoms with Crippen LogP contribution in [0.1, 0.15) is 21.7 Å². The number of amides is 1. The van der Waals surface area contributed by atoms with Crippen molar-refractivity contribution in [3.05, 3.63) is 35.4 Å². The summed E-state index contributed by atoms with van der Waals surface area (Å²) in [5, 5.41) is 13.0. The quantitative estimate of drug-likeness (QED) is 0.784. The molecule has 2 aromatic rings. The van der Waals surface area contributed by atoms with Gasteiger partial charge in [-0.25, -0.2) is 0 Å². The molecule has 0 spiro atoms. The molecule has 0 saturated heterocycles. The van der Waals surface area contributed by atoms with E-state index in [4.69, 9.17) is 4.74 Å². The smallest absolute Gasteiger partial charge is 0.276 e. The lowest BCUT2D eigenvalue weighted by molar-refractivity contribution is 0.102. The Labute approximate surface area is 140 Å². The molecule has 120 valence electrons. The number of anilines is 1. The van der Waals surface area contributed by atoms with Crippen molar-refractivity contribution in [2.75, 3.05) is 19.0 Å². The van der Waals surface area contributed by atoms with Crippen LogP contribution < -0.4 is 15.4 Å². The van der Waals surface area contributed by atoms with Crippen LogP contribution in [0, 0.1) is 0 Å². The molecule has 7 nitrogen and oxygen atoms in total. The first-order valence-corrected chi connectivity index (χ1v) is 6.36. The predicted molar refractivity (Wildman–Crippen MR) is 87.2 cm³/mol. The molecule has 0 saturated carbocycles. The summed E-state index contributed by atoms with van der Waals surface area (Å²) in [6.07, 6.45) is 4.01. The number of ether oxygens (including phenoxy) is 1. The van der Waals surface area contributed by atoms with Crippen molar-refractivity contribution in [1.29, 1.82) is 0 Å². The number of aromatic amines is 1. The zero-order valence-corrected chi connectivity index (χ0v) is 13.5. The molecule has 0 radical (unpaired) electrons. The van der Waals surface area contributed by atoms with Crippen molar-refractivity contribution in [2.45, 2.75) is 13.0 Å². The van der Waals surface area contributed by atoms with Crippen LogP contribution in [0.4, 0.5) is 5.69 Å². The van der Waals surface area contributed by atoms with Gasteiger partial charge in [0.2, 0.25) is 0 Å². The molecule has 3 rings (SSSR count). The molecule has 1 aliphatic heterocycles. The topological polar surface area (TPSA) is 91.9 Å². The third-order valence-electron chi connectivity index (χ3n) is 3.27. The molecule has 0 fully saturated rings. The predicted octanol–water partition coefficient (Wildman–Crippen LogP) is 1.55. The summed E-state index contributed by atoms with van der Waals surface area (Å²) in [6, 6.07) is 1.69. The van der Waals surface area contributed by atoms with E-state index < -0.39 is 0 Å². The number of aromatic nitrogens is 3. The fraction of sp³-hybridized carbons (Fsp3) is 0.308. The summed E-state index contributed by atoms with van der Waals surface area (Å²) in [5.74, 6) is 0.299. The molecule has 0 atom stereocenters. The minimum absolute atomic E-state index is 0. The summed E-state index contributed by atoms with van der Waals surface area (Å²) in [6.45, 7) is 1.55. The first kappa shape index (κ1) is 18.2. The number of fused-ring (bicyclic) bond motifs is 1. The zero-order valence-electron chi connectivity index (χ0n) is 11.9. The number of methoxy groups -OCH3 is 1. The van der Waals surface area contributed by atoms with Gasteiger partial charge in [-0.05, 0) is 0 Å². The van der Waals surface area contributed by atoms with Gasteiger partial charge in [0.05, 0.1) is 13.3 Å².